The SMILES string of the molecule is O=C(Cc1ccc(Cl)c(F)c1)OCC(=O)N1CCCCCC1. The maximum absolute atomic E-state index is 13.3. The molecule has 4 nitrogen and oxygen atoms in total. The lowest BCUT2D eigenvalue weighted by Crippen LogP contribution is -2.35. The van der Waals surface area contributed by atoms with E-state index in [2.05, 4.69) is 0 Å². The molecule has 0 N–H and O–H groups in total. The first-order valence-corrected chi connectivity index (χ1v) is 7.81. The van der Waals surface area contributed by atoms with E-state index in [1.54, 1.807) is 11.0 Å². The van der Waals surface area contributed by atoms with Crippen LogP contribution in [0.3, 0.4) is 0 Å². The number of hydrogen-bond donors (Lipinski definition) is 0. The van der Waals surface area contributed by atoms with Crippen molar-refractivity contribution < 1.29 is 18.7 Å². The molecule has 1 heterocycles. The number of carbonyl (C=O) groups is 2. The molecule has 2 rings (SSSR count). The highest BCUT2D eigenvalue weighted by atomic mass is 35.5. The van der Waals surface area contributed by atoms with Gasteiger partial charge in [0.2, 0.25) is 0 Å². The summed E-state index contributed by atoms with van der Waals surface area (Å²) in [5, 5.41) is 0.00783. The van der Waals surface area contributed by atoms with E-state index in [1.165, 1.54) is 12.1 Å². The van der Waals surface area contributed by atoms with Gasteiger partial charge in [0, 0.05) is 13.1 Å². The van der Waals surface area contributed by atoms with Crippen LogP contribution in [0.1, 0.15) is 31.2 Å². The van der Waals surface area contributed by atoms with Gasteiger partial charge >= 0.3 is 5.97 Å². The summed E-state index contributed by atoms with van der Waals surface area (Å²) in [6, 6.07) is 4.14. The predicted octanol–water partition coefficient (Wildman–Crippen LogP) is 2.97. The monoisotopic (exact) mass is 327 g/mol. The molecule has 1 aromatic rings. The molecular weight excluding hydrogens is 309 g/mol. The van der Waals surface area contributed by atoms with Crippen molar-refractivity contribution in [3.63, 3.8) is 0 Å². The molecule has 6 heteroatoms. The van der Waals surface area contributed by atoms with E-state index in [-0.39, 0.29) is 24.0 Å². The molecule has 1 fully saturated rings. The molecule has 1 saturated heterocycles. The highest BCUT2D eigenvalue weighted by Crippen LogP contribution is 2.16. The minimum atomic E-state index is -0.576. The summed E-state index contributed by atoms with van der Waals surface area (Å²) >= 11 is 5.58. The van der Waals surface area contributed by atoms with E-state index in [9.17, 15) is 14.0 Å². The normalized spacial score (nSPS) is 15.3. The number of ether oxygens (including phenoxy) is 1. The van der Waals surface area contributed by atoms with Crippen molar-refractivity contribution in [2.45, 2.75) is 32.1 Å². The number of likely N-dealkylation sites (tertiary alicyclic amines) is 1. The van der Waals surface area contributed by atoms with Crippen LogP contribution in [0.25, 0.3) is 0 Å². The van der Waals surface area contributed by atoms with Crippen LogP contribution in [0.5, 0.6) is 0 Å². The molecule has 1 amide bonds. The third kappa shape index (κ3) is 4.98. The first-order valence-electron chi connectivity index (χ1n) is 7.43. The largest absolute Gasteiger partial charge is 0.455 e. The highest BCUT2D eigenvalue weighted by Gasteiger charge is 2.17. The van der Waals surface area contributed by atoms with Crippen molar-refractivity contribution in [1.82, 2.24) is 4.90 Å². The molecule has 0 aliphatic carbocycles. The van der Waals surface area contributed by atoms with Gasteiger partial charge in [-0.1, -0.05) is 30.5 Å². The smallest absolute Gasteiger partial charge is 0.310 e. The Morgan fingerprint density at radius 3 is 2.50 bits per heavy atom. The van der Waals surface area contributed by atoms with Gasteiger partial charge in [0.05, 0.1) is 11.4 Å². The number of carbonyl (C=O) groups excluding carboxylic acids is 2. The van der Waals surface area contributed by atoms with Crippen LogP contribution < -0.4 is 0 Å². The van der Waals surface area contributed by atoms with E-state index in [1.807, 2.05) is 0 Å². The van der Waals surface area contributed by atoms with Crippen LogP contribution in [0.2, 0.25) is 5.02 Å². The lowest BCUT2D eigenvalue weighted by Gasteiger charge is -2.19. The molecule has 22 heavy (non-hydrogen) atoms. The van der Waals surface area contributed by atoms with Crippen molar-refractivity contribution in [3.05, 3.63) is 34.6 Å². The van der Waals surface area contributed by atoms with Gasteiger partial charge in [0.25, 0.3) is 5.91 Å². The number of amides is 1. The van der Waals surface area contributed by atoms with E-state index in [4.69, 9.17) is 16.3 Å². The van der Waals surface area contributed by atoms with Crippen LogP contribution in [-0.2, 0) is 20.7 Å². The number of rotatable bonds is 4. The van der Waals surface area contributed by atoms with Gasteiger partial charge in [0.1, 0.15) is 5.82 Å². The molecule has 0 bridgehead atoms. The molecule has 1 aromatic carbocycles. The number of benzene rings is 1. The summed E-state index contributed by atoms with van der Waals surface area (Å²) in [7, 11) is 0. The van der Waals surface area contributed by atoms with Gasteiger partial charge in [-0.05, 0) is 30.5 Å². The van der Waals surface area contributed by atoms with Crippen LogP contribution in [0, 0.1) is 5.82 Å². The highest BCUT2D eigenvalue weighted by molar-refractivity contribution is 6.30. The fourth-order valence-corrected chi connectivity index (χ4v) is 2.54. The molecule has 0 atom stereocenters. The average molecular weight is 328 g/mol. The van der Waals surface area contributed by atoms with Crippen molar-refractivity contribution in [2.75, 3.05) is 19.7 Å². The summed E-state index contributed by atoms with van der Waals surface area (Å²) in [5.41, 5.74) is 0.467. The van der Waals surface area contributed by atoms with Crippen molar-refractivity contribution in [2.24, 2.45) is 0 Å². The molecule has 0 aromatic heterocycles. The maximum Gasteiger partial charge on any atom is 0.310 e. The molecule has 0 unspecified atom stereocenters. The zero-order valence-electron chi connectivity index (χ0n) is 12.3. The summed E-state index contributed by atoms with van der Waals surface area (Å²) < 4.78 is 18.3. The number of nitrogens with zero attached hydrogens (tertiary/aromatic N) is 1. The van der Waals surface area contributed by atoms with Crippen molar-refractivity contribution in [1.29, 1.82) is 0 Å². The van der Waals surface area contributed by atoms with Gasteiger partial charge in [-0.15, -0.1) is 0 Å². The molecular formula is C16H19ClFNO3. The van der Waals surface area contributed by atoms with E-state index in [0.717, 1.165) is 38.8 Å². The predicted molar refractivity (Wildman–Crippen MR) is 81.1 cm³/mol. The lowest BCUT2D eigenvalue weighted by atomic mass is 10.1. The minimum absolute atomic E-state index is 0.00783. The molecule has 1 aliphatic heterocycles. The van der Waals surface area contributed by atoms with Gasteiger partial charge in [-0.3, -0.25) is 9.59 Å². The quantitative estimate of drug-likeness (QED) is 0.799. The van der Waals surface area contributed by atoms with E-state index in [0.29, 0.717) is 5.56 Å². The fraction of sp³-hybridized carbons (Fsp3) is 0.500. The zero-order valence-corrected chi connectivity index (χ0v) is 13.1. The van der Waals surface area contributed by atoms with Gasteiger partial charge in [0.15, 0.2) is 6.61 Å². The first-order chi connectivity index (χ1) is 10.6. The lowest BCUT2D eigenvalue weighted by molar-refractivity contribution is -0.151. The Kier molecular flexibility index (Phi) is 6.19. The fourth-order valence-electron chi connectivity index (χ4n) is 2.42. The Morgan fingerprint density at radius 1 is 1.18 bits per heavy atom. The van der Waals surface area contributed by atoms with Gasteiger partial charge in [-0.2, -0.15) is 0 Å². The summed E-state index contributed by atoms with van der Waals surface area (Å²) in [6.07, 6.45) is 4.16. The van der Waals surface area contributed by atoms with E-state index < -0.39 is 11.8 Å². The second kappa shape index (κ2) is 8.13. The summed E-state index contributed by atoms with van der Waals surface area (Å²) in [4.78, 5) is 25.4. The van der Waals surface area contributed by atoms with Crippen LogP contribution in [0.4, 0.5) is 4.39 Å². The van der Waals surface area contributed by atoms with E-state index >= 15 is 0 Å². The molecule has 0 saturated carbocycles. The maximum atomic E-state index is 13.3. The summed E-state index contributed by atoms with van der Waals surface area (Å²) in [6.45, 7) is 1.19. The Labute approximate surface area is 134 Å². The Morgan fingerprint density at radius 2 is 1.86 bits per heavy atom. The topological polar surface area (TPSA) is 46.6 Å². The Bertz CT molecular complexity index is 542. The summed E-state index contributed by atoms with van der Waals surface area (Å²) in [5.74, 6) is -1.30. The minimum Gasteiger partial charge on any atom is -0.455 e. The molecule has 0 spiro atoms. The van der Waals surface area contributed by atoms with Crippen LogP contribution >= 0.6 is 11.6 Å². The van der Waals surface area contributed by atoms with Crippen LogP contribution in [-0.4, -0.2) is 36.5 Å². The molecule has 120 valence electrons. The average Bonchev–Trinajstić information content (AvgIpc) is 2.78. The Balaban J connectivity index is 1.79. The van der Waals surface area contributed by atoms with Gasteiger partial charge in [-0.25, -0.2) is 4.39 Å². The molecule has 0 radical (unpaired) electrons. The Hall–Kier alpha value is -1.62. The molecule has 1 aliphatic rings. The second-order valence-electron chi connectivity index (χ2n) is 5.38. The number of halogens is 2. The third-order valence-corrected chi connectivity index (χ3v) is 3.95. The second-order valence-corrected chi connectivity index (χ2v) is 5.79. The van der Waals surface area contributed by atoms with Crippen molar-refractivity contribution >= 4 is 23.5 Å². The number of hydrogen-bond acceptors (Lipinski definition) is 3. The third-order valence-electron chi connectivity index (χ3n) is 3.65. The van der Waals surface area contributed by atoms with Crippen molar-refractivity contribution in [3.8, 4) is 0 Å². The zero-order chi connectivity index (χ0) is 15.9. The first kappa shape index (κ1) is 16.7. The standard InChI is InChI=1S/C16H19ClFNO3/c17-13-6-5-12(9-14(13)18)10-16(21)22-11-15(20)19-7-3-1-2-4-8-19/h5-6,9H,1-4,7-8,10-11H2. The number of esters is 1. The van der Waals surface area contributed by atoms with Gasteiger partial charge < -0.3 is 9.64 Å². The van der Waals surface area contributed by atoms with Crippen LogP contribution in [0.15, 0.2) is 18.2 Å².